The number of carbonyl (C=O) groups is 1. The van der Waals surface area contributed by atoms with Gasteiger partial charge >= 0.3 is 12.1 Å². The molecule has 1 aromatic carbocycles. The van der Waals surface area contributed by atoms with Gasteiger partial charge in [0, 0.05) is 0 Å². The molecule has 106 valence electrons. The van der Waals surface area contributed by atoms with E-state index < -0.39 is 28.9 Å². The van der Waals surface area contributed by atoms with Gasteiger partial charge in [-0.2, -0.15) is 13.2 Å². The first-order valence-electron chi connectivity index (χ1n) is 5.65. The summed E-state index contributed by atoms with van der Waals surface area (Å²) in [6.45, 7) is 4.58. The van der Waals surface area contributed by atoms with Gasteiger partial charge in [0.25, 0.3) is 0 Å². The molecule has 0 radical (unpaired) electrons. The van der Waals surface area contributed by atoms with Crippen molar-refractivity contribution in [3.05, 3.63) is 35.1 Å². The Bertz CT molecular complexity index is 478. The van der Waals surface area contributed by atoms with Gasteiger partial charge in [-0.15, -0.1) is 0 Å². The molecule has 0 N–H and O–H groups in total. The van der Waals surface area contributed by atoms with E-state index in [0.717, 1.165) is 6.07 Å². The Balaban J connectivity index is 3.26. The van der Waals surface area contributed by atoms with Crippen LogP contribution in [-0.2, 0) is 21.1 Å². The Kier molecular flexibility index (Phi) is 4.22. The van der Waals surface area contributed by atoms with Crippen LogP contribution >= 0.6 is 0 Å². The van der Waals surface area contributed by atoms with Crippen molar-refractivity contribution < 1.29 is 27.1 Å². The predicted octanol–water partition coefficient (Wildman–Crippen LogP) is 3.69. The SMILES string of the molecule is CCOC(=O)C(C)(C)c1ccc(F)c(C(F)(F)F)c1. The summed E-state index contributed by atoms with van der Waals surface area (Å²) in [5, 5.41) is 0. The Morgan fingerprint density at radius 1 is 1.26 bits per heavy atom. The van der Waals surface area contributed by atoms with Crippen LogP contribution in [0.3, 0.4) is 0 Å². The van der Waals surface area contributed by atoms with Crippen LogP contribution in [0, 0.1) is 5.82 Å². The molecule has 0 aliphatic rings. The second kappa shape index (κ2) is 5.19. The van der Waals surface area contributed by atoms with Crippen molar-refractivity contribution >= 4 is 5.97 Å². The number of alkyl halides is 3. The molecule has 6 heteroatoms. The second-order valence-electron chi connectivity index (χ2n) is 4.54. The van der Waals surface area contributed by atoms with Crippen molar-refractivity contribution in [3.63, 3.8) is 0 Å². The monoisotopic (exact) mass is 278 g/mol. The van der Waals surface area contributed by atoms with Crippen LogP contribution in [0.5, 0.6) is 0 Å². The van der Waals surface area contributed by atoms with E-state index in [1.165, 1.54) is 13.8 Å². The lowest BCUT2D eigenvalue weighted by atomic mass is 9.84. The lowest BCUT2D eigenvalue weighted by Gasteiger charge is -2.23. The highest BCUT2D eigenvalue weighted by molar-refractivity contribution is 5.82. The number of hydrogen-bond donors (Lipinski definition) is 0. The molecule has 0 atom stereocenters. The van der Waals surface area contributed by atoms with Crippen LogP contribution in [0.2, 0.25) is 0 Å². The summed E-state index contributed by atoms with van der Waals surface area (Å²) >= 11 is 0. The Labute approximate surface area is 108 Å². The van der Waals surface area contributed by atoms with Gasteiger partial charge in [0.15, 0.2) is 0 Å². The molecule has 0 aromatic heterocycles. The molecule has 0 aliphatic carbocycles. The van der Waals surface area contributed by atoms with E-state index in [9.17, 15) is 22.4 Å². The van der Waals surface area contributed by atoms with E-state index in [0.29, 0.717) is 12.1 Å². The molecule has 2 nitrogen and oxygen atoms in total. The highest BCUT2D eigenvalue weighted by Crippen LogP contribution is 2.35. The zero-order chi connectivity index (χ0) is 14.8. The van der Waals surface area contributed by atoms with E-state index in [2.05, 4.69) is 0 Å². The lowest BCUT2D eigenvalue weighted by molar-refractivity contribution is -0.149. The van der Waals surface area contributed by atoms with Crippen LogP contribution in [0.4, 0.5) is 17.6 Å². The molecule has 0 aliphatic heterocycles. The standard InChI is InChI=1S/C13H14F4O2/c1-4-19-11(18)12(2,3)8-5-6-10(14)9(7-8)13(15,16)17/h5-7H,4H2,1-3H3. The maximum absolute atomic E-state index is 13.2. The van der Waals surface area contributed by atoms with Crippen LogP contribution in [0.15, 0.2) is 18.2 Å². The Hall–Kier alpha value is -1.59. The summed E-state index contributed by atoms with van der Waals surface area (Å²) < 4.78 is 55.8. The number of benzene rings is 1. The Morgan fingerprint density at radius 3 is 2.32 bits per heavy atom. The first kappa shape index (κ1) is 15.5. The molecule has 1 aromatic rings. The molecule has 0 amide bonds. The molecule has 0 bridgehead atoms. The molecule has 1 rings (SSSR count). The maximum atomic E-state index is 13.2. The minimum atomic E-state index is -4.80. The van der Waals surface area contributed by atoms with Crippen molar-refractivity contribution in [2.24, 2.45) is 0 Å². The summed E-state index contributed by atoms with van der Waals surface area (Å²) in [7, 11) is 0. The summed E-state index contributed by atoms with van der Waals surface area (Å²) in [5.41, 5.74) is -2.61. The van der Waals surface area contributed by atoms with Gasteiger partial charge < -0.3 is 4.74 Å². The van der Waals surface area contributed by atoms with E-state index in [4.69, 9.17) is 4.74 Å². The number of halogens is 4. The highest BCUT2D eigenvalue weighted by atomic mass is 19.4. The smallest absolute Gasteiger partial charge is 0.419 e. The first-order valence-corrected chi connectivity index (χ1v) is 5.65. The average Bonchev–Trinajstić information content (AvgIpc) is 2.28. The van der Waals surface area contributed by atoms with E-state index in [1.807, 2.05) is 0 Å². The highest BCUT2D eigenvalue weighted by Gasteiger charge is 2.38. The minimum absolute atomic E-state index is 0.0553. The minimum Gasteiger partial charge on any atom is -0.465 e. The fourth-order valence-electron chi connectivity index (χ4n) is 1.56. The zero-order valence-corrected chi connectivity index (χ0v) is 10.8. The van der Waals surface area contributed by atoms with E-state index >= 15 is 0 Å². The number of hydrogen-bond acceptors (Lipinski definition) is 2. The Morgan fingerprint density at radius 2 is 1.84 bits per heavy atom. The predicted molar refractivity (Wildman–Crippen MR) is 61.1 cm³/mol. The molecule has 0 saturated carbocycles. The fraction of sp³-hybridized carbons (Fsp3) is 0.462. The van der Waals surface area contributed by atoms with Gasteiger partial charge in [0.05, 0.1) is 17.6 Å². The first-order chi connectivity index (χ1) is 8.60. The van der Waals surface area contributed by atoms with Crippen molar-refractivity contribution in [2.45, 2.75) is 32.4 Å². The zero-order valence-electron chi connectivity index (χ0n) is 10.8. The average molecular weight is 278 g/mol. The molecule has 19 heavy (non-hydrogen) atoms. The van der Waals surface area contributed by atoms with Gasteiger partial charge in [-0.05, 0) is 38.5 Å². The number of carbonyl (C=O) groups excluding carboxylic acids is 1. The third-order valence-electron chi connectivity index (χ3n) is 2.78. The lowest BCUT2D eigenvalue weighted by Crippen LogP contribution is -2.31. The largest absolute Gasteiger partial charge is 0.465 e. The fourth-order valence-corrected chi connectivity index (χ4v) is 1.56. The maximum Gasteiger partial charge on any atom is 0.419 e. The quantitative estimate of drug-likeness (QED) is 0.622. The molecule has 0 saturated heterocycles. The second-order valence-corrected chi connectivity index (χ2v) is 4.54. The van der Waals surface area contributed by atoms with Crippen molar-refractivity contribution in [1.82, 2.24) is 0 Å². The van der Waals surface area contributed by atoms with Crippen LogP contribution in [0.25, 0.3) is 0 Å². The number of esters is 1. The van der Waals surface area contributed by atoms with E-state index in [1.54, 1.807) is 6.92 Å². The van der Waals surface area contributed by atoms with Gasteiger partial charge in [-0.1, -0.05) is 6.07 Å². The van der Waals surface area contributed by atoms with Crippen LogP contribution in [-0.4, -0.2) is 12.6 Å². The summed E-state index contributed by atoms with van der Waals surface area (Å²) in [6.07, 6.45) is -4.80. The van der Waals surface area contributed by atoms with Gasteiger partial charge in [0.1, 0.15) is 5.82 Å². The third kappa shape index (κ3) is 3.24. The molecular weight excluding hydrogens is 264 g/mol. The summed E-state index contributed by atoms with van der Waals surface area (Å²) in [6, 6.07) is 2.51. The van der Waals surface area contributed by atoms with Crippen LogP contribution < -0.4 is 0 Å². The molecule has 0 unspecified atom stereocenters. The summed E-state index contributed by atoms with van der Waals surface area (Å²) in [4.78, 5) is 11.7. The van der Waals surface area contributed by atoms with Gasteiger partial charge in [-0.3, -0.25) is 4.79 Å². The number of rotatable bonds is 3. The van der Waals surface area contributed by atoms with Crippen molar-refractivity contribution in [2.75, 3.05) is 6.61 Å². The third-order valence-corrected chi connectivity index (χ3v) is 2.78. The molecule has 0 heterocycles. The topological polar surface area (TPSA) is 26.3 Å². The van der Waals surface area contributed by atoms with Crippen molar-refractivity contribution in [1.29, 1.82) is 0 Å². The molecule has 0 fully saturated rings. The van der Waals surface area contributed by atoms with Gasteiger partial charge in [0.2, 0.25) is 0 Å². The van der Waals surface area contributed by atoms with Crippen molar-refractivity contribution in [3.8, 4) is 0 Å². The summed E-state index contributed by atoms with van der Waals surface area (Å²) in [5.74, 6) is -2.02. The molecule has 0 spiro atoms. The van der Waals surface area contributed by atoms with Crippen LogP contribution in [0.1, 0.15) is 31.9 Å². The normalized spacial score (nSPS) is 12.4. The number of ether oxygens (including phenoxy) is 1. The van der Waals surface area contributed by atoms with Gasteiger partial charge in [-0.25, -0.2) is 4.39 Å². The molecular formula is C13H14F4O2. The van der Waals surface area contributed by atoms with E-state index in [-0.39, 0.29) is 12.2 Å².